The molecule has 0 amide bonds. The number of hydrogen-bond donors (Lipinski definition) is 1. The van der Waals surface area contributed by atoms with E-state index in [4.69, 9.17) is 4.42 Å². The molecule has 0 radical (unpaired) electrons. The molecule has 1 aliphatic heterocycles. The Morgan fingerprint density at radius 1 is 1.29 bits per heavy atom. The molecule has 0 aromatic carbocycles. The molecule has 0 unspecified atom stereocenters. The van der Waals surface area contributed by atoms with Gasteiger partial charge in [0.2, 0.25) is 0 Å². The van der Waals surface area contributed by atoms with Gasteiger partial charge in [-0.2, -0.15) is 13.2 Å². The van der Waals surface area contributed by atoms with Crippen LogP contribution in [0.3, 0.4) is 0 Å². The molecule has 1 atom stereocenters. The minimum absolute atomic E-state index is 0. The molecule has 0 bridgehead atoms. The van der Waals surface area contributed by atoms with E-state index in [-0.39, 0.29) is 37.9 Å². The molecule has 1 fully saturated rings. The second kappa shape index (κ2) is 7.83. The summed E-state index contributed by atoms with van der Waals surface area (Å²) in [4.78, 5) is 10.8. The Morgan fingerprint density at radius 3 is 2.29 bits per heavy atom. The van der Waals surface area contributed by atoms with Crippen molar-refractivity contribution in [2.24, 2.45) is 0 Å². The Kier molecular flexibility index (Phi) is 7.45. The standard InChI is InChI=1S/C10H12F3N3O3.2ClH/c11-10(12,13)9(15-5-3-14-4-6-15)7-1-2-8(19-7)16(17)18;;/h1-2,9,14H,3-6H2;2*1H/t9-;;/m0../s1. The zero-order valence-electron chi connectivity index (χ0n) is 10.6. The van der Waals surface area contributed by atoms with E-state index in [1.54, 1.807) is 0 Å². The van der Waals surface area contributed by atoms with Gasteiger partial charge in [-0.15, -0.1) is 24.8 Å². The van der Waals surface area contributed by atoms with Crippen molar-refractivity contribution >= 4 is 30.7 Å². The second-order valence-corrected chi connectivity index (χ2v) is 4.16. The van der Waals surface area contributed by atoms with Gasteiger partial charge in [0.1, 0.15) is 10.7 Å². The minimum Gasteiger partial charge on any atom is -0.404 e. The Morgan fingerprint density at radius 2 is 1.86 bits per heavy atom. The smallest absolute Gasteiger partial charge is 0.404 e. The van der Waals surface area contributed by atoms with Gasteiger partial charge in [-0.25, -0.2) is 0 Å². The van der Waals surface area contributed by atoms with Crippen molar-refractivity contribution in [3.63, 3.8) is 0 Å². The van der Waals surface area contributed by atoms with Crippen LogP contribution in [0, 0.1) is 10.1 Å². The lowest BCUT2D eigenvalue weighted by Gasteiger charge is -2.34. The fourth-order valence-corrected chi connectivity index (χ4v) is 2.08. The SMILES string of the molecule is Cl.Cl.O=[N+]([O-])c1ccc([C@H](N2CCNCC2)C(F)(F)F)o1. The Hall–Kier alpha value is -1.03. The highest BCUT2D eigenvalue weighted by Crippen LogP contribution is 2.39. The highest BCUT2D eigenvalue weighted by Gasteiger charge is 2.47. The number of piperazine rings is 1. The Bertz CT molecular complexity index is 464. The van der Waals surface area contributed by atoms with Crippen LogP contribution in [0.1, 0.15) is 11.8 Å². The molecule has 6 nitrogen and oxygen atoms in total. The summed E-state index contributed by atoms with van der Waals surface area (Å²) >= 11 is 0. The molecule has 1 saturated heterocycles. The monoisotopic (exact) mass is 351 g/mol. The maximum absolute atomic E-state index is 13.1. The summed E-state index contributed by atoms with van der Waals surface area (Å²) in [6.07, 6.45) is -4.54. The summed E-state index contributed by atoms with van der Waals surface area (Å²) in [5, 5.41) is 13.4. The van der Waals surface area contributed by atoms with Crippen LogP contribution in [0.4, 0.5) is 19.1 Å². The lowest BCUT2D eigenvalue weighted by atomic mass is 10.1. The first-order valence-electron chi connectivity index (χ1n) is 5.65. The Labute approximate surface area is 130 Å². The fourth-order valence-electron chi connectivity index (χ4n) is 2.08. The summed E-state index contributed by atoms with van der Waals surface area (Å²) in [5.41, 5.74) is 0. The fraction of sp³-hybridized carbons (Fsp3) is 0.600. The highest BCUT2D eigenvalue weighted by molar-refractivity contribution is 5.85. The number of rotatable bonds is 3. The van der Waals surface area contributed by atoms with Crippen LogP contribution in [-0.2, 0) is 0 Å². The molecule has 21 heavy (non-hydrogen) atoms. The molecule has 0 saturated carbocycles. The van der Waals surface area contributed by atoms with E-state index in [1.807, 2.05) is 0 Å². The van der Waals surface area contributed by atoms with E-state index in [0.29, 0.717) is 13.1 Å². The van der Waals surface area contributed by atoms with Gasteiger partial charge < -0.3 is 9.73 Å². The van der Waals surface area contributed by atoms with Crippen LogP contribution in [0.2, 0.25) is 0 Å². The molecular weight excluding hydrogens is 338 g/mol. The third-order valence-electron chi connectivity index (χ3n) is 2.89. The van der Waals surface area contributed by atoms with E-state index < -0.39 is 28.8 Å². The molecule has 0 aliphatic carbocycles. The summed E-state index contributed by atoms with van der Waals surface area (Å²) in [6, 6.07) is 0.0116. The molecule has 2 heterocycles. The Balaban J connectivity index is 0.00000200. The number of halogens is 5. The minimum atomic E-state index is -4.54. The molecule has 1 aliphatic rings. The van der Waals surface area contributed by atoms with Crippen LogP contribution < -0.4 is 5.32 Å². The molecule has 1 aromatic rings. The number of hydrogen-bond acceptors (Lipinski definition) is 5. The molecule has 2 rings (SSSR count). The summed E-state index contributed by atoms with van der Waals surface area (Å²) in [7, 11) is 0. The van der Waals surface area contributed by atoms with Crippen LogP contribution in [0.25, 0.3) is 0 Å². The summed E-state index contributed by atoms with van der Waals surface area (Å²) in [5.74, 6) is -1.12. The van der Waals surface area contributed by atoms with Gasteiger partial charge in [-0.05, 0) is 6.07 Å². The van der Waals surface area contributed by atoms with E-state index in [1.165, 1.54) is 4.90 Å². The number of nitro groups is 1. The van der Waals surface area contributed by atoms with Crippen molar-refractivity contribution in [1.29, 1.82) is 0 Å². The van der Waals surface area contributed by atoms with E-state index in [0.717, 1.165) is 12.1 Å². The van der Waals surface area contributed by atoms with Crippen LogP contribution in [0.5, 0.6) is 0 Å². The number of alkyl halides is 3. The van der Waals surface area contributed by atoms with Gasteiger partial charge in [-0.1, -0.05) is 0 Å². The topological polar surface area (TPSA) is 71.6 Å². The van der Waals surface area contributed by atoms with Gasteiger partial charge in [-0.3, -0.25) is 15.0 Å². The maximum atomic E-state index is 13.1. The van der Waals surface area contributed by atoms with Crippen LogP contribution in [0.15, 0.2) is 16.5 Å². The van der Waals surface area contributed by atoms with E-state index in [2.05, 4.69) is 5.32 Å². The first-order valence-corrected chi connectivity index (χ1v) is 5.65. The maximum Gasteiger partial charge on any atom is 0.433 e. The average molecular weight is 352 g/mol. The lowest BCUT2D eigenvalue weighted by molar-refractivity contribution is -0.402. The van der Waals surface area contributed by atoms with Crippen molar-refractivity contribution < 1.29 is 22.5 Å². The van der Waals surface area contributed by atoms with Gasteiger partial charge in [0.15, 0.2) is 6.04 Å². The predicted octanol–water partition coefficient (Wildman–Crippen LogP) is 2.54. The second-order valence-electron chi connectivity index (χ2n) is 4.16. The van der Waals surface area contributed by atoms with E-state index in [9.17, 15) is 23.3 Å². The molecule has 1 N–H and O–H groups in total. The van der Waals surface area contributed by atoms with Gasteiger partial charge in [0, 0.05) is 26.2 Å². The molecule has 1 aromatic heterocycles. The quantitative estimate of drug-likeness (QED) is 0.669. The number of nitrogens with zero attached hydrogens (tertiary/aromatic N) is 2. The summed E-state index contributed by atoms with van der Waals surface area (Å²) < 4.78 is 44.0. The zero-order valence-corrected chi connectivity index (χ0v) is 12.3. The van der Waals surface area contributed by atoms with Gasteiger partial charge in [0.05, 0.1) is 6.07 Å². The number of furan rings is 1. The first kappa shape index (κ1) is 20.0. The van der Waals surface area contributed by atoms with Crippen molar-refractivity contribution in [2.75, 3.05) is 26.2 Å². The van der Waals surface area contributed by atoms with Crippen molar-refractivity contribution in [2.45, 2.75) is 12.2 Å². The third-order valence-corrected chi connectivity index (χ3v) is 2.89. The van der Waals surface area contributed by atoms with Crippen molar-refractivity contribution in [3.05, 3.63) is 28.0 Å². The number of nitrogens with one attached hydrogen (secondary N) is 1. The third kappa shape index (κ3) is 4.73. The van der Waals surface area contributed by atoms with Crippen LogP contribution >= 0.6 is 24.8 Å². The average Bonchev–Trinajstić information content (AvgIpc) is 2.78. The first-order chi connectivity index (χ1) is 8.89. The molecule has 0 spiro atoms. The zero-order chi connectivity index (χ0) is 14.0. The van der Waals surface area contributed by atoms with Crippen molar-refractivity contribution in [3.8, 4) is 0 Å². The molecule has 122 valence electrons. The van der Waals surface area contributed by atoms with Crippen molar-refractivity contribution in [1.82, 2.24) is 10.2 Å². The predicted molar refractivity (Wildman–Crippen MR) is 73.1 cm³/mol. The van der Waals surface area contributed by atoms with Gasteiger partial charge in [0.25, 0.3) is 0 Å². The normalized spacial score (nSPS) is 17.5. The molecular formula is C10H14Cl2F3N3O3. The van der Waals surface area contributed by atoms with Gasteiger partial charge >= 0.3 is 12.1 Å². The van der Waals surface area contributed by atoms with E-state index >= 15 is 0 Å². The van der Waals surface area contributed by atoms with Crippen LogP contribution in [-0.4, -0.2) is 42.2 Å². The molecule has 11 heteroatoms. The lowest BCUT2D eigenvalue weighted by Crippen LogP contribution is -2.48. The highest BCUT2D eigenvalue weighted by atomic mass is 35.5. The summed E-state index contributed by atoms with van der Waals surface area (Å²) in [6.45, 7) is 1.29. The largest absolute Gasteiger partial charge is 0.433 e.